The van der Waals surface area contributed by atoms with Crippen molar-refractivity contribution in [2.24, 2.45) is 0 Å². The molecule has 5 aliphatic rings. The quantitative estimate of drug-likeness (QED) is 0.315. The van der Waals surface area contributed by atoms with Gasteiger partial charge in [0.1, 0.15) is 5.82 Å². The topological polar surface area (TPSA) is 30.5 Å². The summed E-state index contributed by atoms with van der Waals surface area (Å²) in [6, 6.07) is 29.6. The monoisotopic (exact) mass is 488 g/mol. The lowest BCUT2D eigenvalue weighted by molar-refractivity contribution is 0.620. The highest BCUT2D eigenvalue weighted by atomic mass is 15.4. The van der Waals surface area contributed by atoms with Crippen molar-refractivity contribution in [3.63, 3.8) is 0 Å². The lowest BCUT2D eigenvalue weighted by atomic mass is 9.79. The van der Waals surface area contributed by atoms with Gasteiger partial charge in [-0.25, -0.2) is 0 Å². The third-order valence-electron chi connectivity index (χ3n) is 9.36. The molecule has 4 nitrogen and oxygen atoms in total. The molecule has 38 heavy (non-hydrogen) atoms. The molecule has 0 bridgehead atoms. The van der Waals surface area contributed by atoms with Gasteiger partial charge in [0.15, 0.2) is 0 Å². The Morgan fingerprint density at radius 2 is 1.53 bits per heavy atom. The molecule has 0 radical (unpaired) electrons. The first-order chi connectivity index (χ1) is 18.9. The van der Waals surface area contributed by atoms with Gasteiger partial charge in [-0.1, -0.05) is 66.7 Å². The second-order valence-corrected chi connectivity index (χ2v) is 11.0. The molecule has 3 aliphatic heterocycles. The van der Waals surface area contributed by atoms with Gasteiger partial charge in [0, 0.05) is 33.1 Å². The van der Waals surface area contributed by atoms with E-state index in [0.29, 0.717) is 6.04 Å². The smallest absolute Gasteiger partial charge is 0.133 e. The summed E-state index contributed by atoms with van der Waals surface area (Å²) >= 11 is 0. The fraction of sp³-hybridized carbons (Fsp3) is 0.118. The number of hydrazine groups is 1. The Hall–Kier alpha value is -4.70. The number of hydrogen-bond donors (Lipinski definition) is 2. The number of aryl methyl sites for hydroxylation is 1. The largest absolute Gasteiger partial charge is 0.330 e. The van der Waals surface area contributed by atoms with E-state index in [1.807, 2.05) is 0 Å². The highest BCUT2D eigenvalue weighted by Gasteiger charge is 2.44. The van der Waals surface area contributed by atoms with Crippen LogP contribution in [0.15, 0.2) is 84.9 Å². The van der Waals surface area contributed by atoms with Crippen LogP contribution in [0.25, 0.3) is 39.6 Å². The Morgan fingerprint density at radius 3 is 2.47 bits per heavy atom. The zero-order valence-electron chi connectivity index (χ0n) is 20.7. The molecule has 180 valence electrons. The molecule has 0 spiro atoms. The summed E-state index contributed by atoms with van der Waals surface area (Å²) in [7, 11) is 0. The highest BCUT2D eigenvalue weighted by Crippen LogP contribution is 2.62. The fourth-order valence-corrected chi connectivity index (χ4v) is 7.97. The van der Waals surface area contributed by atoms with Gasteiger partial charge in [-0.15, -0.1) is 0 Å². The molecule has 0 saturated heterocycles. The van der Waals surface area contributed by atoms with Gasteiger partial charge in [-0.05, 0) is 70.1 Å². The van der Waals surface area contributed by atoms with Crippen molar-refractivity contribution >= 4 is 56.7 Å². The summed E-state index contributed by atoms with van der Waals surface area (Å²) in [6.45, 7) is 0. The molecule has 2 unspecified atom stereocenters. The maximum Gasteiger partial charge on any atom is 0.133 e. The maximum atomic E-state index is 3.55. The summed E-state index contributed by atoms with van der Waals surface area (Å²) in [5.41, 5.74) is 16.7. The van der Waals surface area contributed by atoms with E-state index >= 15 is 0 Å². The van der Waals surface area contributed by atoms with E-state index in [4.69, 9.17) is 0 Å². The first-order valence-electron chi connectivity index (χ1n) is 13.6. The van der Waals surface area contributed by atoms with Gasteiger partial charge in [0.25, 0.3) is 0 Å². The van der Waals surface area contributed by atoms with E-state index in [1.54, 1.807) is 0 Å². The van der Waals surface area contributed by atoms with Crippen LogP contribution in [0.5, 0.6) is 0 Å². The third-order valence-corrected chi connectivity index (χ3v) is 9.36. The van der Waals surface area contributed by atoms with Crippen molar-refractivity contribution < 1.29 is 0 Å². The lowest BCUT2D eigenvalue weighted by Crippen LogP contribution is -2.49. The molecular weight excluding hydrogens is 464 g/mol. The van der Waals surface area contributed by atoms with Crippen LogP contribution in [0, 0.1) is 0 Å². The minimum Gasteiger partial charge on any atom is -0.330 e. The predicted molar refractivity (Wildman–Crippen MR) is 155 cm³/mol. The molecule has 5 aromatic rings. The Labute approximate surface area is 219 Å². The Morgan fingerprint density at radius 1 is 0.711 bits per heavy atom. The van der Waals surface area contributed by atoms with Crippen molar-refractivity contribution in [1.29, 1.82) is 0 Å². The van der Waals surface area contributed by atoms with E-state index in [9.17, 15) is 0 Å². The summed E-state index contributed by atoms with van der Waals surface area (Å²) in [5.74, 6) is 1.15. The fourth-order valence-electron chi connectivity index (χ4n) is 7.97. The van der Waals surface area contributed by atoms with Crippen LogP contribution >= 0.6 is 0 Å². The number of para-hydroxylation sites is 1. The Kier molecular flexibility index (Phi) is 3.37. The summed E-state index contributed by atoms with van der Waals surface area (Å²) in [4.78, 5) is 5.15. The van der Waals surface area contributed by atoms with E-state index in [1.165, 1.54) is 71.3 Å². The summed E-state index contributed by atoms with van der Waals surface area (Å²) in [6.07, 6.45) is 9.03. The van der Waals surface area contributed by atoms with Gasteiger partial charge >= 0.3 is 0 Å². The van der Waals surface area contributed by atoms with Gasteiger partial charge in [-0.3, -0.25) is 5.43 Å². The van der Waals surface area contributed by atoms with Crippen LogP contribution in [-0.4, -0.2) is 0 Å². The molecule has 2 aliphatic carbocycles. The molecule has 0 amide bonds. The minimum absolute atomic E-state index is 0.214. The predicted octanol–water partition coefficient (Wildman–Crippen LogP) is 5.63. The maximum absolute atomic E-state index is 3.55. The molecule has 0 fully saturated rings. The molecule has 2 N–H and O–H groups in total. The third kappa shape index (κ3) is 2.12. The standard InChI is InChI=1S/C34H24N4/c1-2-7-22(8-3-1)37-24-14-10-19-12-16-26-32-28(19)30(24)31-25(37)15-11-20-13-17-27(33(32)29(20)31)38(26)34-23-9-5-4-6-21(23)18-35-36-34/h1-12,14-16,18,24,27,35-36H,13,17H2. The SMILES string of the molecule is C1=CC2c3c4c1ccc1c4c4c5c(ccc(c35)N2c2ccccc2)CCC4N1C1=c2ccccc2=CNN1. The number of hydrogen-bond acceptors (Lipinski definition) is 4. The molecule has 2 atom stereocenters. The second-order valence-electron chi connectivity index (χ2n) is 11.0. The van der Waals surface area contributed by atoms with Gasteiger partial charge in [0.05, 0.1) is 23.5 Å². The number of benzene rings is 5. The van der Waals surface area contributed by atoms with Crippen molar-refractivity contribution in [1.82, 2.24) is 10.9 Å². The van der Waals surface area contributed by atoms with Crippen molar-refractivity contribution in [3.8, 4) is 0 Å². The minimum atomic E-state index is 0.214. The van der Waals surface area contributed by atoms with Crippen LogP contribution in [0.1, 0.15) is 40.8 Å². The number of anilines is 3. The molecule has 5 aromatic carbocycles. The normalized spacial score (nSPS) is 20.8. The van der Waals surface area contributed by atoms with Crippen LogP contribution in [0.3, 0.4) is 0 Å². The average Bonchev–Trinajstić information content (AvgIpc) is 3.51. The van der Waals surface area contributed by atoms with Gasteiger partial charge < -0.3 is 15.2 Å². The second kappa shape index (κ2) is 6.59. The van der Waals surface area contributed by atoms with Crippen LogP contribution in [0.4, 0.5) is 17.1 Å². The molecule has 0 aromatic heterocycles. The average molecular weight is 489 g/mol. The van der Waals surface area contributed by atoms with Crippen molar-refractivity contribution in [3.05, 3.63) is 118 Å². The highest BCUT2D eigenvalue weighted by molar-refractivity contribution is 6.23. The summed E-state index contributed by atoms with van der Waals surface area (Å²) < 4.78 is 0. The van der Waals surface area contributed by atoms with Crippen LogP contribution in [-0.2, 0) is 6.42 Å². The van der Waals surface area contributed by atoms with Gasteiger partial charge in [0.2, 0.25) is 0 Å². The van der Waals surface area contributed by atoms with Crippen molar-refractivity contribution in [2.75, 3.05) is 9.80 Å². The van der Waals surface area contributed by atoms with E-state index in [0.717, 1.165) is 18.7 Å². The number of fused-ring (bicyclic) bond motifs is 1. The number of nitrogens with one attached hydrogen (secondary N) is 2. The van der Waals surface area contributed by atoms with Gasteiger partial charge in [-0.2, -0.15) is 0 Å². The summed E-state index contributed by atoms with van der Waals surface area (Å²) in [5, 5.41) is 8.36. The van der Waals surface area contributed by atoms with Crippen molar-refractivity contribution in [2.45, 2.75) is 24.9 Å². The van der Waals surface area contributed by atoms with E-state index in [-0.39, 0.29) is 6.04 Å². The molecule has 0 saturated carbocycles. The number of rotatable bonds is 2. The molecule has 10 rings (SSSR count). The lowest BCUT2D eigenvalue weighted by Gasteiger charge is -2.34. The molecular formula is C34H24N4. The molecule has 3 heterocycles. The van der Waals surface area contributed by atoms with Crippen LogP contribution in [0.2, 0.25) is 0 Å². The van der Waals surface area contributed by atoms with E-state index < -0.39 is 0 Å². The Bertz CT molecular complexity index is 2060. The first kappa shape index (κ1) is 19.4. The molecule has 4 heteroatoms. The zero-order chi connectivity index (χ0) is 24.5. The zero-order valence-corrected chi connectivity index (χ0v) is 20.7. The number of nitrogens with zero attached hydrogens (tertiary/aromatic N) is 2. The van der Waals surface area contributed by atoms with E-state index in [2.05, 4.69) is 118 Å². The first-order valence-corrected chi connectivity index (χ1v) is 13.6. The Balaban J connectivity index is 1.35. The van der Waals surface area contributed by atoms with Crippen LogP contribution < -0.4 is 31.1 Å².